The topological polar surface area (TPSA) is 74.6 Å². The summed E-state index contributed by atoms with van der Waals surface area (Å²) in [5.41, 5.74) is 1.42. The van der Waals surface area contributed by atoms with Gasteiger partial charge in [0.05, 0.1) is 18.9 Å². The van der Waals surface area contributed by atoms with Crippen molar-refractivity contribution in [3.63, 3.8) is 0 Å². The molecule has 1 aromatic carbocycles. The molecule has 7 heteroatoms. The van der Waals surface area contributed by atoms with Crippen LogP contribution in [0.1, 0.15) is 63.0 Å². The number of amides is 1. The first kappa shape index (κ1) is 22.8. The summed E-state index contributed by atoms with van der Waals surface area (Å²) >= 11 is 0. The van der Waals surface area contributed by atoms with Crippen LogP contribution in [0.25, 0.3) is 0 Å². The molecule has 1 aliphatic rings. The highest BCUT2D eigenvalue weighted by Gasteiger charge is 2.28. The Morgan fingerprint density at radius 1 is 1.32 bits per heavy atom. The SMILES string of the molecule is CCNC(=NCc1cccc(C(=O)NC(C)(C)C)c1)N1CCC(C)C(n2ccnc2)C1. The molecule has 0 aliphatic carbocycles. The average molecular weight is 425 g/mol. The number of hydrogen-bond donors (Lipinski definition) is 2. The van der Waals surface area contributed by atoms with Crippen LogP contribution in [0.4, 0.5) is 0 Å². The highest BCUT2D eigenvalue weighted by atomic mass is 16.1. The fraction of sp³-hybridized carbons (Fsp3) is 0.542. The predicted octanol–water partition coefficient (Wildman–Crippen LogP) is 3.46. The summed E-state index contributed by atoms with van der Waals surface area (Å²) in [6.07, 6.45) is 6.90. The number of aromatic nitrogens is 2. The van der Waals surface area contributed by atoms with E-state index in [-0.39, 0.29) is 11.4 Å². The molecule has 2 unspecified atom stereocenters. The third-order valence-corrected chi connectivity index (χ3v) is 5.55. The van der Waals surface area contributed by atoms with E-state index in [4.69, 9.17) is 4.99 Å². The summed E-state index contributed by atoms with van der Waals surface area (Å²) in [5.74, 6) is 1.45. The normalized spacial score (nSPS) is 19.9. The lowest BCUT2D eigenvalue weighted by Crippen LogP contribution is -2.49. The molecule has 1 aromatic heterocycles. The lowest BCUT2D eigenvalue weighted by Gasteiger charge is -2.39. The van der Waals surface area contributed by atoms with Gasteiger partial charge in [-0.1, -0.05) is 19.1 Å². The van der Waals surface area contributed by atoms with Crippen LogP contribution in [0.2, 0.25) is 0 Å². The quantitative estimate of drug-likeness (QED) is 0.569. The number of benzene rings is 1. The van der Waals surface area contributed by atoms with Gasteiger partial charge in [-0.2, -0.15) is 0 Å². The molecular weight excluding hydrogens is 388 g/mol. The van der Waals surface area contributed by atoms with Crippen molar-refractivity contribution in [2.45, 2.75) is 59.2 Å². The van der Waals surface area contributed by atoms with Gasteiger partial charge in [0.15, 0.2) is 5.96 Å². The largest absolute Gasteiger partial charge is 0.357 e. The summed E-state index contributed by atoms with van der Waals surface area (Å²) in [4.78, 5) is 24.0. The first-order valence-corrected chi connectivity index (χ1v) is 11.2. The second kappa shape index (κ2) is 9.98. The first-order chi connectivity index (χ1) is 14.8. The Kier molecular flexibility index (Phi) is 7.36. The van der Waals surface area contributed by atoms with Crippen molar-refractivity contribution in [1.82, 2.24) is 25.1 Å². The molecule has 1 amide bonds. The van der Waals surface area contributed by atoms with Crippen LogP contribution in [0, 0.1) is 5.92 Å². The summed E-state index contributed by atoms with van der Waals surface area (Å²) in [7, 11) is 0. The van der Waals surface area contributed by atoms with Gasteiger partial charge < -0.3 is 20.1 Å². The van der Waals surface area contributed by atoms with Gasteiger partial charge in [-0.3, -0.25) is 4.79 Å². The van der Waals surface area contributed by atoms with Gasteiger partial charge in [0.1, 0.15) is 0 Å². The van der Waals surface area contributed by atoms with Crippen LogP contribution in [-0.2, 0) is 6.54 Å². The molecule has 1 saturated heterocycles. The van der Waals surface area contributed by atoms with E-state index in [2.05, 4.69) is 38.9 Å². The van der Waals surface area contributed by atoms with Crippen LogP contribution in [0.15, 0.2) is 48.0 Å². The van der Waals surface area contributed by atoms with Gasteiger partial charge in [0, 0.05) is 43.1 Å². The number of rotatable bonds is 5. The number of guanidine groups is 1. The molecule has 3 rings (SSSR count). The van der Waals surface area contributed by atoms with E-state index in [1.54, 1.807) is 0 Å². The minimum Gasteiger partial charge on any atom is -0.357 e. The van der Waals surface area contributed by atoms with Crippen molar-refractivity contribution in [2.24, 2.45) is 10.9 Å². The number of aliphatic imine (C=N–C) groups is 1. The summed E-state index contributed by atoms with van der Waals surface area (Å²) < 4.78 is 2.21. The molecule has 168 valence electrons. The second-order valence-electron chi connectivity index (χ2n) is 9.36. The number of carbonyl (C=O) groups excluding carboxylic acids is 1. The Hall–Kier alpha value is -2.83. The van der Waals surface area contributed by atoms with Crippen LogP contribution < -0.4 is 10.6 Å². The predicted molar refractivity (Wildman–Crippen MR) is 125 cm³/mol. The lowest BCUT2D eigenvalue weighted by atomic mass is 9.93. The molecule has 0 saturated carbocycles. The molecule has 0 spiro atoms. The van der Waals surface area contributed by atoms with Crippen LogP contribution in [0.3, 0.4) is 0 Å². The van der Waals surface area contributed by atoms with Gasteiger partial charge in [0.25, 0.3) is 5.91 Å². The third-order valence-electron chi connectivity index (χ3n) is 5.55. The Balaban J connectivity index is 1.72. The Morgan fingerprint density at radius 2 is 2.13 bits per heavy atom. The summed E-state index contributed by atoms with van der Waals surface area (Å²) in [6.45, 7) is 13.6. The minimum atomic E-state index is -0.263. The number of carbonyl (C=O) groups is 1. The van der Waals surface area contributed by atoms with Gasteiger partial charge in [-0.15, -0.1) is 0 Å². The maximum absolute atomic E-state index is 12.5. The maximum atomic E-state index is 12.5. The van der Waals surface area contributed by atoms with Crippen molar-refractivity contribution in [3.05, 3.63) is 54.1 Å². The highest BCUT2D eigenvalue weighted by molar-refractivity contribution is 5.94. The third kappa shape index (κ3) is 6.32. The van der Waals surface area contributed by atoms with Gasteiger partial charge in [-0.05, 0) is 57.7 Å². The standard InChI is InChI=1S/C24H36N6O/c1-6-26-23(29-12-10-18(2)21(16-29)30-13-11-25-17-30)27-15-19-8-7-9-20(14-19)22(31)28-24(3,4)5/h7-9,11,13-14,17-18,21H,6,10,12,15-16H2,1-5H3,(H,26,27)(H,28,31). The first-order valence-electron chi connectivity index (χ1n) is 11.2. The number of hydrogen-bond acceptors (Lipinski definition) is 3. The van der Waals surface area contributed by atoms with Gasteiger partial charge >= 0.3 is 0 Å². The zero-order chi connectivity index (χ0) is 22.4. The molecule has 0 bridgehead atoms. The Bertz CT molecular complexity index is 884. The molecule has 1 fully saturated rings. The molecule has 2 heterocycles. The van der Waals surface area contributed by atoms with Crippen molar-refractivity contribution < 1.29 is 4.79 Å². The summed E-state index contributed by atoms with van der Waals surface area (Å²) in [5, 5.41) is 6.46. The van der Waals surface area contributed by atoms with Gasteiger partial charge in [-0.25, -0.2) is 9.98 Å². The highest BCUT2D eigenvalue weighted by Crippen LogP contribution is 2.27. The van der Waals surface area contributed by atoms with E-state index < -0.39 is 0 Å². The number of piperidine rings is 1. The zero-order valence-electron chi connectivity index (χ0n) is 19.4. The number of likely N-dealkylation sites (tertiary alicyclic amines) is 1. The van der Waals surface area contributed by atoms with Crippen molar-refractivity contribution >= 4 is 11.9 Å². The number of nitrogens with one attached hydrogen (secondary N) is 2. The van der Waals surface area contributed by atoms with Crippen LogP contribution >= 0.6 is 0 Å². The molecular formula is C24H36N6O. The van der Waals surface area contributed by atoms with Gasteiger partial charge in [0.2, 0.25) is 0 Å². The number of imidazole rings is 1. The van der Waals surface area contributed by atoms with Crippen LogP contribution in [0.5, 0.6) is 0 Å². The fourth-order valence-corrected chi connectivity index (χ4v) is 3.91. The van der Waals surface area contributed by atoms with Crippen molar-refractivity contribution in [3.8, 4) is 0 Å². The lowest BCUT2D eigenvalue weighted by molar-refractivity contribution is 0.0919. The molecule has 0 radical (unpaired) electrons. The monoisotopic (exact) mass is 424 g/mol. The van der Waals surface area contributed by atoms with Crippen molar-refractivity contribution in [2.75, 3.05) is 19.6 Å². The fourth-order valence-electron chi connectivity index (χ4n) is 3.91. The molecule has 1 aliphatic heterocycles. The number of nitrogens with zero attached hydrogens (tertiary/aromatic N) is 4. The zero-order valence-corrected chi connectivity index (χ0v) is 19.4. The van der Waals surface area contributed by atoms with E-state index in [0.717, 1.165) is 37.6 Å². The van der Waals surface area contributed by atoms with E-state index in [1.807, 2.05) is 63.8 Å². The maximum Gasteiger partial charge on any atom is 0.251 e. The molecule has 31 heavy (non-hydrogen) atoms. The van der Waals surface area contributed by atoms with Crippen LogP contribution in [-0.4, -0.2) is 51.5 Å². The Labute approximate surface area is 186 Å². The molecule has 2 atom stereocenters. The Morgan fingerprint density at radius 3 is 2.81 bits per heavy atom. The van der Waals surface area contributed by atoms with E-state index in [1.165, 1.54) is 0 Å². The van der Waals surface area contributed by atoms with E-state index >= 15 is 0 Å². The molecule has 2 aromatic rings. The molecule has 2 N–H and O–H groups in total. The smallest absolute Gasteiger partial charge is 0.251 e. The minimum absolute atomic E-state index is 0.0570. The van der Waals surface area contributed by atoms with E-state index in [9.17, 15) is 4.79 Å². The van der Waals surface area contributed by atoms with Crippen molar-refractivity contribution in [1.29, 1.82) is 0 Å². The summed E-state index contributed by atoms with van der Waals surface area (Å²) in [6, 6.07) is 8.10. The average Bonchev–Trinajstić information content (AvgIpc) is 3.25. The van der Waals surface area contributed by atoms with E-state index in [0.29, 0.717) is 24.1 Å². The molecule has 7 nitrogen and oxygen atoms in total. The second-order valence-corrected chi connectivity index (χ2v) is 9.36.